The number of nitrogens with zero attached hydrogens (tertiary/aromatic N) is 5. The Morgan fingerprint density at radius 2 is 2.26 bits per heavy atom. The molecule has 0 spiro atoms. The van der Waals surface area contributed by atoms with Gasteiger partial charge in [-0.25, -0.2) is 9.97 Å². The van der Waals surface area contributed by atoms with Crippen LogP contribution < -0.4 is 5.32 Å². The van der Waals surface area contributed by atoms with E-state index in [2.05, 4.69) is 20.4 Å². The van der Waals surface area contributed by atoms with Crippen LogP contribution in [0.1, 0.15) is 12.1 Å². The number of aromatic nitrogens is 4. The first-order chi connectivity index (χ1) is 9.33. The van der Waals surface area contributed by atoms with Crippen molar-refractivity contribution in [2.45, 2.75) is 13.0 Å². The molecule has 0 amide bonds. The second-order valence-electron chi connectivity index (χ2n) is 3.80. The Morgan fingerprint density at radius 1 is 1.42 bits per heavy atom. The molecule has 0 radical (unpaired) electrons. The van der Waals surface area contributed by atoms with Gasteiger partial charge in [0.05, 0.1) is 0 Å². The van der Waals surface area contributed by atoms with E-state index in [1.54, 1.807) is 7.11 Å². The van der Waals surface area contributed by atoms with Gasteiger partial charge in [0.25, 0.3) is 0 Å². The number of anilines is 2. The van der Waals surface area contributed by atoms with E-state index in [4.69, 9.17) is 10.00 Å². The molecule has 0 aliphatic heterocycles. The van der Waals surface area contributed by atoms with Gasteiger partial charge in [0.2, 0.25) is 0 Å². The third kappa shape index (κ3) is 3.50. The second-order valence-corrected chi connectivity index (χ2v) is 3.80. The smallest absolute Gasteiger partial charge is 0.183 e. The molecule has 0 unspecified atom stereocenters. The fourth-order valence-electron chi connectivity index (χ4n) is 1.56. The molecule has 7 heteroatoms. The Balaban J connectivity index is 2.02. The summed E-state index contributed by atoms with van der Waals surface area (Å²) in [6.45, 7) is 1.48. The van der Waals surface area contributed by atoms with E-state index < -0.39 is 0 Å². The van der Waals surface area contributed by atoms with Gasteiger partial charge in [-0.15, -0.1) is 0 Å². The Kier molecular flexibility index (Phi) is 4.42. The van der Waals surface area contributed by atoms with Crippen LogP contribution in [-0.2, 0) is 11.3 Å². The van der Waals surface area contributed by atoms with E-state index in [1.165, 1.54) is 12.4 Å². The molecule has 2 rings (SSSR count). The number of nitrogens with one attached hydrogen (secondary N) is 1. The molecular weight excluding hydrogens is 244 g/mol. The van der Waals surface area contributed by atoms with Gasteiger partial charge < -0.3 is 10.1 Å². The van der Waals surface area contributed by atoms with Gasteiger partial charge >= 0.3 is 0 Å². The van der Waals surface area contributed by atoms with Crippen LogP contribution >= 0.6 is 0 Å². The largest absolute Gasteiger partial charge is 0.385 e. The van der Waals surface area contributed by atoms with Gasteiger partial charge in [-0.3, -0.25) is 4.68 Å². The van der Waals surface area contributed by atoms with Crippen molar-refractivity contribution in [3.8, 4) is 6.07 Å². The summed E-state index contributed by atoms with van der Waals surface area (Å²) in [5.41, 5.74) is 0.247. The molecule has 19 heavy (non-hydrogen) atoms. The molecule has 7 nitrogen and oxygen atoms in total. The van der Waals surface area contributed by atoms with Crippen molar-refractivity contribution in [1.29, 1.82) is 5.26 Å². The topological polar surface area (TPSA) is 88.6 Å². The molecular formula is C12H14N6O. The summed E-state index contributed by atoms with van der Waals surface area (Å²) in [6.07, 6.45) is 5.76. The molecule has 2 aromatic heterocycles. The number of nitriles is 1. The highest BCUT2D eigenvalue weighted by molar-refractivity contribution is 5.56. The average molecular weight is 258 g/mol. The number of ether oxygens (including phenoxy) is 1. The van der Waals surface area contributed by atoms with Crippen LogP contribution in [0.15, 0.2) is 24.7 Å². The summed E-state index contributed by atoms with van der Waals surface area (Å²) >= 11 is 0. The van der Waals surface area contributed by atoms with Crippen LogP contribution in [0.25, 0.3) is 0 Å². The lowest BCUT2D eigenvalue weighted by atomic mass is 10.4. The van der Waals surface area contributed by atoms with E-state index in [0.717, 1.165) is 13.0 Å². The fourth-order valence-corrected chi connectivity index (χ4v) is 1.56. The summed E-state index contributed by atoms with van der Waals surface area (Å²) in [7, 11) is 1.67. The molecule has 1 N–H and O–H groups in total. The van der Waals surface area contributed by atoms with E-state index in [0.29, 0.717) is 18.2 Å². The zero-order valence-corrected chi connectivity index (χ0v) is 10.6. The highest BCUT2D eigenvalue weighted by Crippen LogP contribution is 2.13. The number of aryl methyl sites for hydroxylation is 1. The van der Waals surface area contributed by atoms with Crippen LogP contribution in [0.5, 0.6) is 0 Å². The predicted octanol–water partition coefficient (Wildman–Crippen LogP) is 1.32. The van der Waals surface area contributed by atoms with Crippen LogP contribution in [0, 0.1) is 11.3 Å². The number of hydrogen-bond donors (Lipinski definition) is 1. The van der Waals surface area contributed by atoms with E-state index in [-0.39, 0.29) is 5.69 Å². The molecule has 0 fully saturated rings. The maximum atomic E-state index is 8.91. The predicted molar refractivity (Wildman–Crippen MR) is 68.7 cm³/mol. The van der Waals surface area contributed by atoms with Gasteiger partial charge in [0, 0.05) is 44.9 Å². The molecule has 2 heterocycles. The maximum absolute atomic E-state index is 8.91. The van der Waals surface area contributed by atoms with E-state index in [9.17, 15) is 0 Å². The minimum absolute atomic E-state index is 0.247. The van der Waals surface area contributed by atoms with Crippen LogP contribution in [-0.4, -0.2) is 33.5 Å². The van der Waals surface area contributed by atoms with Crippen molar-refractivity contribution in [2.24, 2.45) is 0 Å². The van der Waals surface area contributed by atoms with Gasteiger partial charge in [0.15, 0.2) is 17.3 Å². The van der Waals surface area contributed by atoms with Crippen molar-refractivity contribution in [3.63, 3.8) is 0 Å². The lowest BCUT2D eigenvalue weighted by Gasteiger charge is -2.03. The first-order valence-electron chi connectivity index (χ1n) is 5.84. The van der Waals surface area contributed by atoms with Gasteiger partial charge in [-0.1, -0.05) is 0 Å². The Morgan fingerprint density at radius 3 is 3.05 bits per heavy atom. The molecule has 0 aromatic carbocycles. The van der Waals surface area contributed by atoms with E-state index >= 15 is 0 Å². The van der Waals surface area contributed by atoms with Gasteiger partial charge in [-0.2, -0.15) is 10.4 Å². The molecule has 0 atom stereocenters. The minimum Gasteiger partial charge on any atom is -0.385 e. The number of hydrogen-bond acceptors (Lipinski definition) is 6. The lowest BCUT2D eigenvalue weighted by molar-refractivity contribution is 0.189. The monoisotopic (exact) mass is 258 g/mol. The van der Waals surface area contributed by atoms with E-state index in [1.807, 2.05) is 23.0 Å². The standard InChI is InChI=1S/C12H14N6O/c1-19-8-2-6-18-7-3-11(17-18)16-12-10(9-13)14-4-5-15-12/h3-5,7H,2,6,8H2,1H3,(H,15,16,17). The number of methoxy groups -OCH3 is 1. The van der Waals surface area contributed by atoms with Crippen molar-refractivity contribution in [3.05, 3.63) is 30.4 Å². The Hall–Kier alpha value is -2.46. The van der Waals surface area contributed by atoms with Crippen molar-refractivity contribution in [2.75, 3.05) is 19.0 Å². The summed E-state index contributed by atoms with van der Waals surface area (Å²) in [4.78, 5) is 7.99. The lowest BCUT2D eigenvalue weighted by Crippen LogP contribution is -2.03. The molecule has 0 aliphatic carbocycles. The highest BCUT2D eigenvalue weighted by Gasteiger charge is 2.06. The first-order valence-corrected chi connectivity index (χ1v) is 5.84. The summed E-state index contributed by atoms with van der Waals surface area (Å²) in [6, 6.07) is 3.80. The molecule has 98 valence electrons. The molecule has 0 saturated carbocycles. The van der Waals surface area contributed by atoms with Crippen LogP contribution in [0.4, 0.5) is 11.6 Å². The maximum Gasteiger partial charge on any atom is 0.183 e. The molecule has 0 bridgehead atoms. The van der Waals surface area contributed by atoms with Gasteiger partial charge in [0.1, 0.15) is 6.07 Å². The highest BCUT2D eigenvalue weighted by atomic mass is 16.5. The first kappa shape index (κ1) is 13.0. The normalized spacial score (nSPS) is 10.1. The van der Waals surface area contributed by atoms with Crippen molar-refractivity contribution in [1.82, 2.24) is 19.7 Å². The van der Waals surface area contributed by atoms with Crippen molar-refractivity contribution < 1.29 is 4.74 Å². The average Bonchev–Trinajstić information content (AvgIpc) is 2.87. The fraction of sp³-hybridized carbons (Fsp3) is 0.333. The second kappa shape index (κ2) is 6.47. The van der Waals surface area contributed by atoms with Gasteiger partial charge in [-0.05, 0) is 6.42 Å². The Bertz CT molecular complexity index is 574. The zero-order chi connectivity index (χ0) is 13.5. The summed E-state index contributed by atoms with van der Waals surface area (Å²) in [5.74, 6) is 1.04. The minimum atomic E-state index is 0.247. The third-order valence-corrected chi connectivity index (χ3v) is 2.43. The summed E-state index contributed by atoms with van der Waals surface area (Å²) in [5, 5.41) is 16.2. The van der Waals surface area contributed by atoms with Crippen LogP contribution in [0.3, 0.4) is 0 Å². The van der Waals surface area contributed by atoms with Crippen LogP contribution in [0.2, 0.25) is 0 Å². The Labute approximate surface area is 110 Å². The number of rotatable bonds is 6. The summed E-state index contributed by atoms with van der Waals surface area (Å²) < 4.78 is 6.79. The third-order valence-electron chi connectivity index (χ3n) is 2.43. The quantitative estimate of drug-likeness (QED) is 0.786. The zero-order valence-electron chi connectivity index (χ0n) is 10.6. The van der Waals surface area contributed by atoms with Crippen molar-refractivity contribution >= 4 is 11.6 Å². The molecule has 0 aliphatic rings. The molecule has 0 saturated heterocycles. The SMILES string of the molecule is COCCCn1ccc(Nc2nccnc2C#N)n1. The molecule has 2 aromatic rings.